The highest BCUT2D eigenvalue weighted by molar-refractivity contribution is 4.26. The normalized spacial score (nSPS) is 7.50. The zero-order valence-corrected chi connectivity index (χ0v) is 2.57. The van der Waals surface area contributed by atoms with E-state index in [-0.39, 0.29) is 0 Å². The molecule has 4 heavy (non-hydrogen) atoms. The van der Waals surface area contributed by atoms with Crippen molar-refractivity contribution in [3.05, 3.63) is 0 Å². The van der Waals surface area contributed by atoms with Crippen LogP contribution in [0.15, 0.2) is 0 Å². The predicted octanol–water partition coefficient (Wildman–Crippen LogP) is -1.10. The van der Waals surface area contributed by atoms with E-state index >= 15 is 0 Å². The van der Waals surface area contributed by atoms with Gasteiger partial charge in [-0.05, 0) is 0 Å². The molecule has 0 heterocycles. The summed E-state index contributed by atoms with van der Waals surface area (Å²) in [4.78, 5) is 0. The van der Waals surface area contributed by atoms with Gasteiger partial charge in [0.15, 0.2) is 0 Å². The summed E-state index contributed by atoms with van der Waals surface area (Å²) in [6.07, 6.45) is 0. The fraction of sp³-hybridized carbons (Fsp3) is 1.00. The third-order valence-corrected chi connectivity index (χ3v) is 0.167. The van der Waals surface area contributed by atoms with Crippen molar-refractivity contribution in [3.63, 3.8) is 0 Å². The van der Waals surface area contributed by atoms with Crippen LogP contribution in [0.5, 0.6) is 0 Å². The third-order valence-electron chi connectivity index (χ3n) is 0.167. The van der Waals surface area contributed by atoms with Gasteiger partial charge < -0.3 is 11.5 Å². The van der Waals surface area contributed by atoms with Gasteiger partial charge in [0, 0.05) is 13.1 Å². The van der Waals surface area contributed by atoms with Crippen molar-refractivity contribution in [2.45, 2.75) is 0 Å². The smallest absolute Gasteiger partial charge is 0.00461 e. The molecule has 0 rings (SSSR count). The summed E-state index contributed by atoms with van der Waals surface area (Å²) >= 11 is 0. The molecule has 0 saturated carbocycles. The van der Waals surface area contributed by atoms with Gasteiger partial charge in [-0.1, -0.05) is 0 Å². The highest BCUT2D eigenvalue weighted by Gasteiger charge is 1.54. The van der Waals surface area contributed by atoms with Crippen LogP contribution >= 0.6 is 0 Å². The first-order valence-electron chi connectivity index (χ1n) is 1.32. The molecule has 0 saturated heterocycles. The maximum atomic E-state index is 4.90. The summed E-state index contributed by atoms with van der Waals surface area (Å²) in [6, 6.07) is 0. The first-order valence-corrected chi connectivity index (χ1v) is 1.32. The molecular weight excluding hydrogens is 54.0 g/mol. The molecule has 4 N–H and O–H groups in total. The first kappa shape index (κ1) is 3.92. The molecule has 0 aliphatic rings. The van der Waals surface area contributed by atoms with Crippen molar-refractivity contribution in [2.75, 3.05) is 13.1 Å². The van der Waals surface area contributed by atoms with Crippen molar-refractivity contribution >= 4 is 0 Å². The molecule has 26 valence electrons. The number of rotatable bonds is 1. The van der Waals surface area contributed by atoms with E-state index in [0.29, 0.717) is 13.1 Å². The molecule has 0 aromatic carbocycles. The lowest BCUT2D eigenvalue weighted by Crippen LogP contribution is -2.11. The Kier molecular flexibility index (Phi) is 2.86. The van der Waals surface area contributed by atoms with E-state index in [0.717, 1.165) is 0 Å². The molecule has 0 radical (unpaired) electrons. The van der Waals surface area contributed by atoms with Crippen LogP contribution in [0, 0.1) is 0 Å². The Morgan fingerprint density at radius 1 is 1.00 bits per heavy atom. The molecule has 0 amide bonds. The maximum Gasteiger partial charge on any atom is 0.00461 e. The van der Waals surface area contributed by atoms with E-state index in [4.69, 9.17) is 11.5 Å². The fourth-order valence-corrected chi connectivity index (χ4v) is 0. The van der Waals surface area contributed by atoms with Gasteiger partial charge in [0.1, 0.15) is 0 Å². The Bertz CT molecular complexity index is 6.00. The van der Waals surface area contributed by atoms with Crippen LogP contribution in [0.2, 0.25) is 0 Å². The zero-order chi connectivity index (χ0) is 3.41. The lowest BCUT2D eigenvalue weighted by atomic mass is 11.6. The van der Waals surface area contributed by atoms with Gasteiger partial charge in [0.2, 0.25) is 0 Å². The molecule has 2 nitrogen and oxygen atoms in total. The zero-order valence-electron chi connectivity index (χ0n) is 2.57. The van der Waals surface area contributed by atoms with Crippen LogP contribution < -0.4 is 11.5 Å². The van der Waals surface area contributed by atoms with Crippen molar-refractivity contribution in [1.82, 2.24) is 0 Å². The fourth-order valence-electron chi connectivity index (χ4n) is 0. The summed E-state index contributed by atoms with van der Waals surface area (Å²) < 4.78 is 0. The Balaban J connectivity index is 1.97. The third kappa shape index (κ3) is 1.92. The van der Waals surface area contributed by atoms with Gasteiger partial charge in [0.05, 0.1) is 0 Å². The van der Waals surface area contributed by atoms with Crippen LogP contribution in [-0.4, -0.2) is 13.1 Å². The average Bonchev–Trinajstić information content (AvgIpc) is 1.37. The molecule has 2 heteroatoms. The molecule has 0 aromatic heterocycles. The van der Waals surface area contributed by atoms with E-state index in [1.54, 1.807) is 0 Å². The Labute approximate surface area is 25.8 Å². The second kappa shape index (κ2) is 2.92. The first-order chi connectivity index (χ1) is 1.91. The molecule has 0 fully saturated rings. The van der Waals surface area contributed by atoms with E-state index in [2.05, 4.69) is 0 Å². The highest BCUT2D eigenvalue weighted by Crippen LogP contribution is 1.24. The number of nitrogens with two attached hydrogens (primary N) is 2. The summed E-state index contributed by atoms with van der Waals surface area (Å²) in [5, 5.41) is 0. The number of hydrogen-bond acceptors (Lipinski definition) is 2. The SMILES string of the molecule is N[13CH2][13CH2]N. The van der Waals surface area contributed by atoms with Crippen molar-refractivity contribution in [3.8, 4) is 0 Å². The topological polar surface area (TPSA) is 52.0 Å². The largest absolute Gasteiger partial charge is 0.329 e. The molecular formula is C2H8N2. The molecule has 0 aliphatic carbocycles. The van der Waals surface area contributed by atoms with Crippen molar-refractivity contribution in [1.29, 1.82) is 0 Å². The highest BCUT2D eigenvalue weighted by atomic mass is 15.0. The van der Waals surface area contributed by atoms with Gasteiger partial charge in [-0.15, -0.1) is 0 Å². The maximum absolute atomic E-state index is 4.90. The molecule has 0 unspecified atom stereocenters. The van der Waals surface area contributed by atoms with Gasteiger partial charge in [-0.2, -0.15) is 0 Å². The quantitative estimate of drug-likeness (QED) is 0.379. The molecule has 0 aromatic rings. The Morgan fingerprint density at radius 3 is 1.25 bits per heavy atom. The summed E-state index contributed by atoms with van der Waals surface area (Å²) in [5.74, 6) is 0. The molecule has 0 bridgehead atoms. The van der Waals surface area contributed by atoms with Crippen LogP contribution in [-0.2, 0) is 0 Å². The van der Waals surface area contributed by atoms with Crippen LogP contribution in [0.4, 0.5) is 0 Å². The molecule has 0 spiro atoms. The van der Waals surface area contributed by atoms with E-state index < -0.39 is 0 Å². The summed E-state index contributed by atoms with van der Waals surface area (Å²) in [7, 11) is 0. The molecule has 0 aliphatic heterocycles. The van der Waals surface area contributed by atoms with Crippen molar-refractivity contribution < 1.29 is 0 Å². The van der Waals surface area contributed by atoms with Gasteiger partial charge in [-0.3, -0.25) is 0 Å². The van der Waals surface area contributed by atoms with E-state index in [1.807, 2.05) is 0 Å². The lowest BCUT2D eigenvalue weighted by Gasteiger charge is -1.72. The second-order valence-electron chi connectivity index (χ2n) is 0.577. The standard InChI is InChI=1S/C2H8N2/c3-1-2-4/h1-4H2/i1+1,2+1. The minimum absolute atomic E-state index is 0.597. The van der Waals surface area contributed by atoms with E-state index in [1.165, 1.54) is 0 Å². The van der Waals surface area contributed by atoms with Crippen molar-refractivity contribution in [2.24, 2.45) is 11.5 Å². The average molecular weight is 62.1 g/mol. The van der Waals surface area contributed by atoms with Gasteiger partial charge in [0.25, 0.3) is 0 Å². The van der Waals surface area contributed by atoms with Crippen LogP contribution in [0.3, 0.4) is 0 Å². The van der Waals surface area contributed by atoms with Crippen LogP contribution in [0.25, 0.3) is 0 Å². The van der Waals surface area contributed by atoms with Crippen LogP contribution in [0.1, 0.15) is 0 Å². The predicted molar refractivity (Wildman–Crippen MR) is 18.1 cm³/mol. The van der Waals surface area contributed by atoms with E-state index in [9.17, 15) is 0 Å². The Morgan fingerprint density at radius 2 is 1.25 bits per heavy atom. The summed E-state index contributed by atoms with van der Waals surface area (Å²) in [6.45, 7) is 1.19. The second-order valence-corrected chi connectivity index (χ2v) is 0.577. The number of hydrogen-bond donors (Lipinski definition) is 2. The monoisotopic (exact) mass is 62.1 g/mol. The van der Waals surface area contributed by atoms with Gasteiger partial charge >= 0.3 is 0 Å². The minimum Gasteiger partial charge on any atom is -0.329 e. The van der Waals surface area contributed by atoms with Gasteiger partial charge in [-0.25, -0.2) is 0 Å². The minimum atomic E-state index is 0.597. The Hall–Kier alpha value is -0.0800. The molecule has 0 atom stereocenters. The summed E-state index contributed by atoms with van der Waals surface area (Å²) in [5.41, 5.74) is 9.81. The lowest BCUT2D eigenvalue weighted by molar-refractivity contribution is 0.976.